The number of ether oxygens (including phenoxy) is 1. The van der Waals surface area contributed by atoms with Crippen LogP contribution in [0.2, 0.25) is 0 Å². The Bertz CT molecular complexity index is 720. The van der Waals surface area contributed by atoms with Gasteiger partial charge in [0.15, 0.2) is 0 Å². The molecular formula is C19H20N2O3. The fourth-order valence-corrected chi connectivity index (χ4v) is 2.18. The summed E-state index contributed by atoms with van der Waals surface area (Å²) in [5.74, 6) is 0.863. The largest absolute Gasteiger partial charge is 0.457 e. The molecule has 0 bridgehead atoms. The van der Waals surface area contributed by atoms with Crippen molar-refractivity contribution in [2.45, 2.75) is 25.9 Å². The van der Waals surface area contributed by atoms with Crippen LogP contribution in [0.25, 0.3) is 0 Å². The molecule has 0 heterocycles. The molecule has 2 aromatic carbocycles. The van der Waals surface area contributed by atoms with Gasteiger partial charge >= 0.3 is 0 Å². The Balaban J connectivity index is 2.00. The van der Waals surface area contributed by atoms with E-state index in [1.807, 2.05) is 13.0 Å². The molecule has 0 aliphatic carbocycles. The minimum Gasteiger partial charge on any atom is -0.457 e. The quantitative estimate of drug-likeness (QED) is 0.819. The highest BCUT2D eigenvalue weighted by atomic mass is 16.5. The minimum absolute atomic E-state index is 0.230. The summed E-state index contributed by atoms with van der Waals surface area (Å²) in [6.07, 6.45) is 0.990. The second kappa shape index (κ2) is 8.70. The molecule has 0 radical (unpaired) electrons. The molecule has 0 saturated heterocycles. The number of nitrogens with zero attached hydrogens (tertiary/aromatic N) is 1. The van der Waals surface area contributed by atoms with Crippen LogP contribution in [0.3, 0.4) is 0 Å². The number of hydrogen-bond donors (Lipinski definition) is 2. The number of amides is 1. The number of rotatable bonds is 7. The minimum atomic E-state index is -0.531. The van der Waals surface area contributed by atoms with Crippen molar-refractivity contribution in [3.05, 3.63) is 59.7 Å². The zero-order valence-corrected chi connectivity index (χ0v) is 13.5. The molecular weight excluding hydrogens is 304 g/mol. The molecule has 0 aliphatic heterocycles. The summed E-state index contributed by atoms with van der Waals surface area (Å²) >= 11 is 0. The van der Waals surface area contributed by atoms with Gasteiger partial charge in [0.05, 0.1) is 17.7 Å². The van der Waals surface area contributed by atoms with Gasteiger partial charge < -0.3 is 15.2 Å². The number of carbonyl (C=O) groups excluding carboxylic acids is 1. The average molecular weight is 324 g/mol. The lowest BCUT2D eigenvalue weighted by Crippen LogP contribution is -2.31. The van der Waals surface area contributed by atoms with E-state index < -0.39 is 6.10 Å². The van der Waals surface area contributed by atoms with Crippen LogP contribution in [0, 0.1) is 11.3 Å². The first-order valence-corrected chi connectivity index (χ1v) is 7.86. The SMILES string of the molecule is CCCC(O)CNC(=O)c1cccc(Oc2ccc(C#N)cc2)c1. The third-order valence-electron chi connectivity index (χ3n) is 3.44. The Kier molecular flexibility index (Phi) is 6.35. The van der Waals surface area contributed by atoms with Gasteiger partial charge in [-0.25, -0.2) is 0 Å². The highest BCUT2D eigenvalue weighted by Crippen LogP contribution is 2.22. The molecule has 2 aromatic rings. The van der Waals surface area contributed by atoms with E-state index in [9.17, 15) is 9.90 Å². The summed E-state index contributed by atoms with van der Waals surface area (Å²) in [6, 6.07) is 15.6. The van der Waals surface area contributed by atoms with E-state index in [-0.39, 0.29) is 12.5 Å². The fraction of sp³-hybridized carbons (Fsp3) is 0.263. The van der Waals surface area contributed by atoms with Crippen molar-refractivity contribution in [2.75, 3.05) is 6.54 Å². The lowest BCUT2D eigenvalue weighted by atomic mass is 10.1. The van der Waals surface area contributed by atoms with Gasteiger partial charge in [-0.2, -0.15) is 5.26 Å². The van der Waals surface area contributed by atoms with Crippen molar-refractivity contribution >= 4 is 5.91 Å². The first-order chi connectivity index (χ1) is 11.6. The highest BCUT2D eigenvalue weighted by molar-refractivity contribution is 5.94. The second-order valence-electron chi connectivity index (χ2n) is 5.42. The molecule has 1 amide bonds. The van der Waals surface area contributed by atoms with Crippen molar-refractivity contribution in [3.8, 4) is 17.6 Å². The molecule has 2 N–H and O–H groups in total. The Labute approximate surface area is 141 Å². The summed E-state index contributed by atoms with van der Waals surface area (Å²) in [4.78, 5) is 12.1. The Morgan fingerprint density at radius 2 is 2.00 bits per heavy atom. The van der Waals surface area contributed by atoms with Crippen LogP contribution in [0.15, 0.2) is 48.5 Å². The van der Waals surface area contributed by atoms with E-state index in [1.165, 1.54) is 0 Å². The lowest BCUT2D eigenvalue weighted by molar-refractivity contribution is 0.0910. The molecule has 0 fully saturated rings. The monoisotopic (exact) mass is 324 g/mol. The summed E-state index contributed by atoms with van der Waals surface area (Å²) in [7, 11) is 0. The number of hydrogen-bond acceptors (Lipinski definition) is 4. The molecule has 124 valence electrons. The molecule has 1 unspecified atom stereocenters. The van der Waals surface area contributed by atoms with E-state index in [0.717, 1.165) is 6.42 Å². The van der Waals surface area contributed by atoms with Crippen LogP contribution in [-0.4, -0.2) is 23.7 Å². The summed E-state index contributed by atoms with van der Waals surface area (Å²) < 4.78 is 5.69. The van der Waals surface area contributed by atoms with Gasteiger partial charge in [-0.15, -0.1) is 0 Å². The smallest absolute Gasteiger partial charge is 0.251 e. The Morgan fingerprint density at radius 1 is 1.25 bits per heavy atom. The predicted molar refractivity (Wildman–Crippen MR) is 90.9 cm³/mol. The Morgan fingerprint density at radius 3 is 2.67 bits per heavy atom. The van der Waals surface area contributed by atoms with Gasteiger partial charge in [0.25, 0.3) is 5.91 Å². The van der Waals surface area contributed by atoms with Crippen LogP contribution in [0.1, 0.15) is 35.7 Å². The van der Waals surface area contributed by atoms with Crippen molar-refractivity contribution in [2.24, 2.45) is 0 Å². The average Bonchev–Trinajstić information content (AvgIpc) is 2.61. The molecule has 0 aliphatic rings. The van der Waals surface area contributed by atoms with Crippen LogP contribution in [0.4, 0.5) is 0 Å². The van der Waals surface area contributed by atoms with E-state index in [1.54, 1.807) is 48.5 Å². The van der Waals surface area contributed by atoms with E-state index in [2.05, 4.69) is 5.32 Å². The van der Waals surface area contributed by atoms with Crippen molar-refractivity contribution in [3.63, 3.8) is 0 Å². The van der Waals surface area contributed by atoms with Gasteiger partial charge in [-0.1, -0.05) is 19.4 Å². The molecule has 0 aromatic heterocycles. The number of nitriles is 1. The fourth-order valence-electron chi connectivity index (χ4n) is 2.18. The van der Waals surface area contributed by atoms with E-state index in [4.69, 9.17) is 10.00 Å². The molecule has 1 atom stereocenters. The molecule has 24 heavy (non-hydrogen) atoms. The summed E-state index contributed by atoms with van der Waals surface area (Å²) in [6.45, 7) is 2.21. The molecule has 5 nitrogen and oxygen atoms in total. The van der Waals surface area contributed by atoms with E-state index >= 15 is 0 Å². The maximum absolute atomic E-state index is 12.1. The van der Waals surface area contributed by atoms with Gasteiger partial charge in [-0.05, 0) is 48.9 Å². The van der Waals surface area contributed by atoms with Crippen molar-refractivity contribution in [1.29, 1.82) is 5.26 Å². The second-order valence-corrected chi connectivity index (χ2v) is 5.42. The van der Waals surface area contributed by atoms with Crippen LogP contribution in [-0.2, 0) is 0 Å². The topological polar surface area (TPSA) is 82.3 Å². The van der Waals surface area contributed by atoms with Gasteiger partial charge in [0, 0.05) is 12.1 Å². The predicted octanol–water partition coefficient (Wildman–Crippen LogP) is 3.24. The number of aliphatic hydroxyl groups is 1. The van der Waals surface area contributed by atoms with Gasteiger partial charge in [-0.3, -0.25) is 4.79 Å². The zero-order chi connectivity index (χ0) is 17.4. The summed E-state index contributed by atoms with van der Waals surface area (Å²) in [5.41, 5.74) is 1.02. The molecule has 0 spiro atoms. The van der Waals surface area contributed by atoms with Crippen LogP contribution >= 0.6 is 0 Å². The van der Waals surface area contributed by atoms with E-state index in [0.29, 0.717) is 29.0 Å². The van der Waals surface area contributed by atoms with Gasteiger partial charge in [0.2, 0.25) is 0 Å². The first-order valence-electron chi connectivity index (χ1n) is 7.86. The normalized spacial score (nSPS) is 11.4. The third-order valence-corrected chi connectivity index (χ3v) is 3.44. The number of nitrogens with one attached hydrogen (secondary N) is 1. The van der Waals surface area contributed by atoms with Crippen LogP contribution in [0.5, 0.6) is 11.5 Å². The lowest BCUT2D eigenvalue weighted by Gasteiger charge is -2.11. The molecule has 0 saturated carbocycles. The van der Waals surface area contributed by atoms with Crippen LogP contribution < -0.4 is 10.1 Å². The summed E-state index contributed by atoms with van der Waals surface area (Å²) in [5, 5.41) is 21.2. The standard InChI is InChI=1S/C19H20N2O3/c1-2-4-16(22)13-21-19(23)15-5-3-6-18(11-15)24-17-9-7-14(12-20)8-10-17/h3,5-11,16,22H,2,4,13H2,1H3,(H,21,23). The molecule has 5 heteroatoms. The number of benzene rings is 2. The maximum atomic E-state index is 12.1. The van der Waals surface area contributed by atoms with Crippen molar-refractivity contribution < 1.29 is 14.6 Å². The number of carbonyl (C=O) groups is 1. The molecule has 2 rings (SSSR count). The Hall–Kier alpha value is -2.84. The maximum Gasteiger partial charge on any atom is 0.251 e. The number of aliphatic hydroxyl groups excluding tert-OH is 1. The highest BCUT2D eigenvalue weighted by Gasteiger charge is 2.09. The van der Waals surface area contributed by atoms with Crippen molar-refractivity contribution in [1.82, 2.24) is 5.32 Å². The van der Waals surface area contributed by atoms with Gasteiger partial charge in [0.1, 0.15) is 11.5 Å². The first kappa shape index (κ1) is 17.5. The third kappa shape index (κ3) is 5.11. The zero-order valence-electron chi connectivity index (χ0n) is 13.5.